The maximum absolute atomic E-state index is 12.9. The predicted molar refractivity (Wildman–Crippen MR) is 128 cm³/mol. The smallest absolute Gasteiger partial charge is 0.332 e. The van der Waals surface area contributed by atoms with Gasteiger partial charge in [0.15, 0.2) is 5.65 Å². The van der Waals surface area contributed by atoms with E-state index in [-0.39, 0.29) is 17.3 Å². The fourth-order valence-electron chi connectivity index (χ4n) is 3.97. The van der Waals surface area contributed by atoms with E-state index in [1.807, 2.05) is 43.3 Å². The van der Waals surface area contributed by atoms with E-state index in [0.717, 1.165) is 35.3 Å². The average molecular weight is 446 g/mol. The molecule has 0 saturated heterocycles. The highest BCUT2D eigenvalue weighted by atomic mass is 16.2. The molecule has 0 atom stereocenters. The number of nitrogens with two attached hydrogens (primary N) is 1. The molecule has 170 valence electrons. The third kappa shape index (κ3) is 4.07. The van der Waals surface area contributed by atoms with Crippen LogP contribution in [0.15, 0.2) is 52.2 Å². The van der Waals surface area contributed by atoms with Gasteiger partial charge in [0.1, 0.15) is 17.2 Å². The Kier molecular flexibility index (Phi) is 5.55. The highest BCUT2D eigenvalue weighted by Gasteiger charge is 2.30. The van der Waals surface area contributed by atoms with Crippen molar-refractivity contribution in [2.45, 2.75) is 51.9 Å². The molecule has 9 heteroatoms. The maximum Gasteiger partial charge on any atom is 0.332 e. The number of H-pyrrole nitrogens is 1. The van der Waals surface area contributed by atoms with Gasteiger partial charge in [-0.1, -0.05) is 31.2 Å². The van der Waals surface area contributed by atoms with Gasteiger partial charge in [-0.25, -0.2) is 14.8 Å². The SMILES string of the molecule is CCCn1c(=O)c2[nH]c(-c3ccc(NCc4ccc(CN)cc4)nc3)nc2n(C2CC2)c1=O. The van der Waals surface area contributed by atoms with Crippen LogP contribution >= 0.6 is 0 Å². The van der Waals surface area contributed by atoms with Crippen LogP contribution in [-0.2, 0) is 19.6 Å². The Morgan fingerprint density at radius 2 is 1.88 bits per heavy atom. The first-order valence-corrected chi connectivity index (χ1v) is 11.3. The van der Waals surface area contributed by atoms with E-state index in [9.17, 15) is 9.59 Å². The summed E-state index contributed by atoms with van der Waals surface area (Å²) < 4.78 is 2.99. The molecular weight excluding hydrogens is 418 g/mol. The molecule has 0 amide bonds. The molecule has 0 spiro atoms. The lowest BCUT2D eigenvalue weighted by molar-refractivity contribution is 0.567. The minimum absolute atomic E-state index is 0.114. The van der Waals surface area contributed by atoms with Gasteiger partial charge >= 0.3 is 5.69 Å². The molecule has 0 aliphatic heterocycles. The van der Waals surface area contributed by atoms with E-state index >= 15 is 0 Å². The van der Waals surface area contributed by atoms with Crippen molar-refractivity contribution in [1.29, 1.82) is 0 Å². The summed E-state index contributed by atoms with van der Waals surface area (Å²) in [6.45, 7) is 3.52. The minimum atomic E-state index is -0.320. The molecule has 5 rings (SSSR count). The largest absolute Gasteiger partial charge is 0.366 e. The van der Waals surface area contributed by atoms with Crippen molar-refractivity contribution < 1.29 is 0 Å². The molecule has 33 heavy (non-hydrogen) atoms. The van der Waals surface area contributed by atoms with Crippen molar-refractivity contribution in [1.82, 2.24) is 24.1 Å². The van der Waals surface area contributed by atoms with E-state index < -0.39 is 0 Å². The first kappa shape index (κ1) is 21.1. The van der Waals surface area contributed by atoms with Gasteiger partial charge in [-0.15, -0.1) is 0 Å². The van der Waals surface area contributed by atoms with Gasteiger partial charge in [-0.3, -0.25) is 13.9 Å². The van der Waals surface area contributed by atoms with Crippen molar-refractivity contribution in [3.05, 3.63) is 74.6 Å². The average Bonchev–Trinajstić information content (AvgIpc) is 3.58. The summed E-state index contributed by atoms with van der Waals surface area (Å²) in [6, 6.07) is 12.0. The lowest BCUT2D eigenvalue weighted by Gasteiger charge is -2.09. The second-order valence-electron chi connectivity index (χ2n) is 8.43. The molecule has 1 aliphatic rings. The van der Waals surface area contributed by atoms with Crippen LogP contribution in [0.5, 0.6) is 0 Å². The Morgan fingerprint density at radius 3 is 2.52 bits per heavy atom. The van der Waals surface area contributed by atoms with E-state index in [4.69, 9.17) is 5.73 Å². The van der Waals surface area contributed by atoms with Crippen molar-refractivity contribution in [3.8, 4) is 11.4 Å². The van der Waals surface area contributed by atoms with Crippen LogP contribution in [0.25, 0.3) is 22.6 Å². The van der Waals surface area contributed by atoms with Crippen LogP contribution < -0.4 is 22.3 Å². The molecule has 4 aromatic rings. The highest BCUT2D eigenvalue weighted by molar-refractivity contribution is 5.75. The van der Waals surface area contributed by atoms with Gasteiger partial charge in [0, 0.05) is 37.4 Å². The molecular formula is C24H27N7O2. The summed E-state index contributed by atoms with van der Waals surface area (Å²) in [5.41, 5.74) is 8.84. The number of anilines is 1. The lowest BCUT2D eigenvalue weighted by Crippen LogP contribution is -2.39. The zero-order valence-corrected chi connectivity index (χ0v) is 18.5. The topological polar surface area (TPSA) is 124 Å². The Labute approximate surface area is 190 Å². The summed E-state index contributed by atoms with van der Waals surface area (Å²) in [4.78, 5) is 38.1. The Morgan fingerprint density at radius 1 is 1.12 bits per heavy atom. The molecule has 9 nitrogen and oxygen atoms in total. The zero-order valence-electron chi connectivity index (χ0n) is 18.5. The second kappa shape index (κ2) is 8.67. The van der Waals surface area contributed by atoms with Crippen molar-refractivity contribution >= 4 is 17.0 Å². The van der Waals surface area contributed by atoms with Gasteiger partial charge < -0.3 is 16.0 Å². The van der Waals surface area contributed by atoms with Crippen molar-refractivity contribution in [2.24, 2.45) is 5.73 Å². The first-order valence-electron chi connectivity index (χ1n) is 11.3. The van der Waals surface area contributed by atoms with Gasteiger partial charge in [-0.2, -0.15) is 0 Å². The van der Waals surface area contributed by atoms with E-state index in [1.54, 1.807) is 10.8 Å². The highest BCUT2D eigenvalue weighted by Crippen LogP contribution is 2.35. The van der Waals surface area contributed by atoms with Crippen LogP contribution in [0.2, 0.25) is 0 Å². The number of nitrogens with zero attached hydrogens (tertiary/aromatic N) is 4. The van der Waals surface area contributed by atoms with Crippen LogP contribution in [0, 0.1) is 0 Å². The minimum Gasteiger partial charge on any atom is -0.366 e. The number of hydrogen-bond donors (Lipinski definition) is 3. The number of aromatic amines is 1. The Bertz CT molecular complexity index is 1390. The van der Waals surface area contributed by atoms with Gasteiger partial charge in [0.05, 0.1) is 0 Å². The van der Waals surface area contributed by atoms with Crippen LogP contribution in [0.4, 0.5) is 5.82 Å². The molecule has 1 saturated carbocycles. The third-order valence-electron chi connectivity index (χ3n) is 5.94. The number of nitrogens with one attached hydrogen (secondary N) is 2. The summed E-state index contributed by atoms with van der Waals surface area (Å²) in [5, 5.41) is 3.30. The normalized spacial score (nSPS) is 13.5. The van der Waals surface area contributed by atoms with Gasteiger partial charge in [0.25, 0.3) is 5.56 Å². The fraction of sp³-hybridized carbons (Fsp3) is 0.333. The number of pyridine rings is 1. The standard InChI is InChI=1S/C24H27N7O2/c1-2-11-30-23(32)20-22(31(24(30)33)18-8-9-18)29-21(28-20)17-7-10-19(27-14-17)26-13-16-5-3-15(12-25)4-6-16/h3-7,10,14,18H,2,8-9,11-13,25H2,1H3,(H,26,27)(H,28,29). The number of benzene rings is 1. The molecule has 3 aromatic heterocycles. The number of imidazole rings is 1. The summed E-state index contributed by atoms with van der Waals surface area (Å²) in [7, 11) is 0. The van der Waals surface area contributed by atoms with Gasteiger partial charge in [-0.05, 0) is 42.5 Å². The Balaban J connectivity index is 1.42. The zero-order chi connectivity index (χ0) is 22.9. The van der Waals surface area contributed by atoms with Crippen molar-refractivity contribution in [2.75, 3.05) is 5.32 Å². The second-order valence-corrected chi connectivity index (χ2v) is 8.43. The number of fused-ring (bicyclic) bond motifs is 1. The van der Waals surface area contributed by atoms with Crippen LogP contribution in [0.3, 0.4) is 0 Å². The quantitative estimate of drug-likeness (QED) is 0.383. The van der Waals surface area contributed by atoms with E-state index in [2.05, 4.69) is 20.3 Å². The Hall–Kier alpha value is -3.72. The third-order valence-corrected chi connectivity index (χ3v) is 5.94. The molecule has 3 heterocycles. The van der Waals surface area contributed by atoms with E-state index in [1.165, 1.54) is 4.57 Å². The number of hydrogen-bond acceptors (Lipinski definition) is 6. The summed E-state index contributed by atoms with van der Waals surface area (Å²) in [5.74, 6) is 1.26. The van der Waals surface area contributed by atoms with Crippen LogP contribution in [-0.4, -0.2) is 24.1 Å². The molecule has 0 radical (unpaired) electrons. The van der Waals surface area contributed by atoms with Gasteiger partial charge in [0.2, 0.25) is 0 Å². The first-order chi connectivity index (χ1) is 16.1. The molecule has 0 bridgehead atoms. The number of aromatic nitrogens is 5. The summed E-state index contributed by atoms with van der Waals surface area (Å²) in [6.07, 6.45) is 4.28. The van der Waals surface area contributed by atoms with E-state index in [0.29, 0.717) is 43.0 Å². The molecule has 4 N–H and O–H groups in total. The maximum atomic E-state index is 12.9. The summed E-state index contributed by atoms with van der Waals surface area (Å²) >= 11 is 0. The lowest BCUT2D eigenvalue weighted by atomic mass is 10.1. The molecule has 1 aliphatic carbocycles. The molecule has 1 fully saturated rings. The van der Waals surface area contributed by atoms with Crippen LogP contribution in [0.1, 0.15) is 43.4 Å². The number of rotatable bonds is 8. The molecule has 0 unspecified atom stereocenters. The van der Waals surface area contributed by atoms with Crippen molar-refractivity contribution in [3.63, 3.8) is 0 Å². The monoisotopic (exact) mass is 445 g/mol. The fourth-order valence-corrected chi connectivity index (χ4v) is 3.97. The predicted octanol–water partition coefficient (Wildman–Crippen LogP) is 2.76. The molecule has 1 aromatic carbocycles.